The number of piperazine rings is 1. The van der Waals surface area contributed by atoms with Crippen molar-refractivity contribution in [3.8, 4) is 6.07 Å². The topological polar surface area (TPSA) is 73.4 Å². The second-order valence-electron chi connectivity index (χ2n) is 6.96. The summed E-state index contributed by atoms with van der Waals surface area (Å²) in [7, 11) is 0. The number of aromatic nitrogens is 1. The molecule has 0 bridgehead atoms. The van der Waals surface area contributed by atoms with Crippen LogP contribution < -0.4 is 4.90 Å². The Kier molecular flexibility index (Phi) is 6.01. The third-order valence-electron chi connectivity index (χ3n) is 4.99. The summed E-state index contributed by atoms with van der Waals surface area (Å²) in [5, 5.41) is 10.1. The van der Waals surface area contributed by atoms with E-state index in [2.05, 4.69) is 11.1 Å². The maximum absolute atomic E-state index is 13.1. The summed E-state index contributed by atoms with van der Waals surface area (Å²) in [4.78, 5) is 20.4. The first kappa shape index (κ1) is 20.6. The largest absolute Gasteiger partial charge is 0.420 e. The zero-order valence-corrected chi connectivity index (χ0v) is 17.2. The van der Waals surface area contributed by atoms with Crippen LogP contribution in [0.25, 0.3) is 12.2 Å². The minimum Gasteiger partial charge on any atom is -0.420 e. The van der Waals surface area contributed by atoms with Crippen LogP contribution in [0, 0.1) is 17.1 Å². The van der Waals surface area contributed by atoms with E-state index in [-0.39, 0.29) is 17.4 Å². The van der Waals surface area contributed by atoms with Gasteiger partial charge < -0.3 is 14.2 Å². The summed E-state index contributed by atoms with van der Waals surface area (Å²) < 4.78 is 18.9. The average Bonchev–Trinajstić information content (AvgIpc) is 3.22. The van der Waals surface area contributed by atoms with Crippen molar-refractivity contribution in [2.24, 2.45) is 0 Å². The zero-order chi connectivity index (χ0) is 21.8. The van der Waals surface area contributed by atoms with Crippen molar-refractivity contribution in [2.45, 2.75) is 0 Å². The first-order valence-corrected chi connectivity index (χ1v) is 10.1. The van der Waals surface area contributed by atoms with Crippen molar-refractivity contribution < 1.29 is 13.6 Å². The number of hydrogen-bond acceptors (Lipinski definition) is 5. The van der Waals surface area contributed by atoms with Crippen LogP contribution in [-0.2, 0) is 0 Å². The van der Waals surface area contributed by atoms with Gasteiger partial charge in [0.1, 0.15) is 11.9 Å². The Morgan fingerprint density at radius 2 is 1.81 bits per heavy atom. The predicted molar refractivity (Wildman–Crippen MR) is 116 cm³/mol. The van der Waals surface area contributed by atoms with Crippen molar-refractivity contribution >= 4 is 35.5 Å². The van der Waals surface area contributed by atoms with Crippen LogP contribution in [0.2, 0.25) is 5.02 Å². The Hall–Kier alpha value is -3.63. The lowest BCUT2D eigenvalue weighted by Gasteiger charge is -2.34. The maximum Gasteiger partial charge on any atom is 0.253 e. The number of oxazole rings is 1. The summed E-state index contributed by atoms with van der Waals surface area (Å²) >= 11 is 6.15. The van der Waals surface area contributed by atoms with E-state index in [9.17, 15) is 14.4 Å². The number of rotatable bonds is 4. The van der Waals surface area contributed by atoms with E-state index in [1.807, 2.05) is 23.1 Å². The fraction of sp³-hybridized carbons (Fsp3) is 0.174. The van der Waals surface area contributed by atoms with Gasteiger partial charge in [0.05, 0.1) is 0 Å². The summed E-state index contributed by atoms with van der Waals surface area (Å²) in [6, 6.07) is 14.9. The van der Waals surface area contributed by atoms with Gasteiger partial charge in [0.25, 0.3) is 5.91 Å². The van der Waals surface area contributed by atoms with E-state index in [1.165, 1.54) is 24.3 Å². The maximum atomic E-state index is 13.1. The second-order valence-corrected chi connectivity index (χ2v) is 7.37. The molecule has 0 N–H and O–H groups in total. The lowest BCUT2D eigenvalue weighted by atomic mass is 10.2. The van der Waals surface area contributed by atoms with E-state index in [1.54, 1.807) is 23.1 Å². The van der Waals surface area contributed by atoms with Gasteiger partial charge in [-0.25, -0.2) is 4.39 Å². The summed E-state index contributed by atoms with van der Waals surface area (Å²) in [6.07, 6.45) is 3.44. The summed E-state index contributed by atoms with van der Waals surface area (Å²) in [6.45, 7) is 1.88. The molecule has 1 aromatic heterocycles. The Morgan fingerprint density at radius 3 is 2.48 bits per heavy atom. The highest BCUT2D eigenvalue weighted by Gasteiger charge is 2.26. The molecular weight excluding hydrogens is 419 g/mol. The van der Waals surface area contributed by atoms with Gasteiger partial charge in [-0.1, -0.05) is 29.8 Å². The molecule has 31 heavy (non-hydrogen) atoms. The second kappa shape index (κ2) is 9.02. The average molecular weight is 437 g/mol. The number of halogens is 2. The first-order chi connectivity index (χ1) is 15.0. The number of amides is 1. The van der Waals surface area contributed by atoms with Crippen molar-refractivity contribution in [3.05, 3.63) is 82.1 Å². The SMILES string of the molecule is N#Cc1nc(C=Cc2ccccc2Cl)oc1N1CCN(C(=O)c2ccc(F)cc2)CC1. The first-order valence-electron chi connectivity index (χ1n) is 9.68. The lowest BCUT2D eigenvalue weighted by Crippen LogP contribution is -2.48. The highest BCUT2D eigenvalue weighted by atomic mass is 35.5. The Labute approximate surface area is 183 Å². The van der Waals surface area contributed by atoms with Crippen LogP contribution in [0.5, 0.6) is 0 Å². The number of nitrogens with zero attached hydrogens (tertiary/aromatic N) is 4. The van der Waals surface area contributed by atoms with Crippen molar-refractivity contribution in [1.29, 1.82) is 5.26 Å². The molecule has 3 aromatic rings. The van der Waals surface area contributed by atoms with Gasteiger partial charge >= 0.3 is 0 Å². The van der Waals surface area contributed by atoms with Crippen molar-refractivity contribution in [3.63, 3.8) is 0 Å². The number of nitriles is 1. The van der Waals surface area contributed by atoms with E-state index in [0.29, 0.717) is 48.5 Å². The summed E-state index contributed by atoms with van der Waals surface area (Å²) in [5.41, 5.74) is 1.45. The molecule has 1 fully saturated rings. The van der Waals surface area contributed by atoms with Gasteiger partial charge in [-0.15, -0.1) is 0 Å². The highest BCUT2D eigenvalue weighted by Crippen LogP contribution is 2.25. The van der Waals surface area contributed by atoms with Crippen LogP contribution in [0.3, 0.4) is 0 Å². The molecule has 156 valence electrons. The van der Waals surface area contributed by atoms with Crippen LogP contribution in [0.4, 0.5) is 10.3 Å². The Balaban J connectivity index is 1.45. The standard InChI is InChI=1S/C23H18ClFN4O2/c24-19-4-2-1-3-16(19)7-10-21-27-20(15-26)23(31-21)29-13-11-28(12-14-29)22(30)17-5-8-18(25)9-6-17/h1-10H,11-14H2. The molecule has 0 spiro atoms. The fourth-order valence-electron chi connectivity index (χ4n) is 3.35. The molecule has 1 amide bonds. The molecule has 2 heterocycles. The normalized spacial score (nSPS) is 14.1. The third-order valence-corrected chi connectivity index (χ3v) is 5.33. The molecule has 0 unspecified atom stereocenters. The molecule has 1 aliphatic rings. The van der Waals surface area contributed by atoms with Crippen LogP contribution in [0.15, 0.2) is 52.9 Å². The number of hydrogen-bond donors (Lipinski definition) is 0. The minimum atomic E-state index is -0.380. The van der Waals surface area contributed by atoms with Crippen molar-refractivity contribution in [1.82, 2.24) is 9.88 Å². The minimum absolute atomic E-state index is 0.152. The van der Waals surface area contributed by atoms with Crippen molar-refractivity contribution in [2.75, 3.05) is 31.1 Å². The molecule has 1 saturated heterocycles. The molecule has 8 heteroatoms. The highest BCUT2D eigenvalue weighted by molar-refractivity contribution is 6.32. The fourth-order valence-corrected chi connectivity index (χ4v) is 3.54. The number of carbonyl (C=O) groups excluding carboxylic acids is 1. The van der Waals surface area contributed by atoms with E-state index < -0.39 is 0 Å². The number of carbonyl (C=O) groups is 1. The van der Waals surface area contributed by atoms with Gasteiger partial charge in [-0.3, -0.25) is 4.79 Å². The molecule has 0 radical (unpaired) electrons. The van der Waals surface area contributed by atoms with Crippen LogP contribution in [-0.4, -0.2) is 42.0 Å². The Morgan fingerprint density at radius 1 is 1.10 bits per heavy atom. The van der Waals surface area contributed by atoms with Gasteiger partial charge in [0, 0.05) is 42.8 Å². The van der Waals surface area contributed by atoms with Gasteiger partial charge in [0.15, 0.2) is 0 Å². The van der Waals surface area contributed by atoms with E-state index in [4.69, 9.17) is 16.0 Å². The molecule has 0 atom stereocenters. The molecule has 4 rings (SSSR count). The van der Waals surface area contributed by atoms with E-state index >= 15 is 0 Å². The van der Waals surface area contributed by atoms with Gasteiger partial charge in [0.2, 0.25) is 17.5 Å². The van der Waals surface area contributed by atoms with Crippen LogP contribution >= 0.6 is 11.6 Å². The monoisotopic (exact) mass is 436 g/mol. The molecule has 1 aliphatic heterocycles. The number of anilines is 1. The lowest BCUT2D eigenvalue weighted by molar-refractivity contribution is 0.0745. The van der Waals surface area contributed by atoms with Gasteiger partial charge in [-0.2, -0.15) is 10.2 Å². The van der Waals surface area contributed by atoms with Crippen LogP contribution in [0.1, 0.15) is 27.5 Å². The molecule has 2 aromatic carbocycles. The predicted octanol–water partition coefficient (Wildman–Crippen LogP) is 4.47. The molecule has 0 aliphatic carbocycles. The third kappa shape index (κ3) is 4.60. The molecular formula is C23H18ClFN4O2. The quantitative estimate of drug-likeness (QED) is 0.603. The Bertz CT molecular complexity index is 1160. The smallest absolute Gasteiger partial charge is 0.253 e. The number of benzene rings is 2. The zero-order valence-electron chi connectivity index (χ0n) is 16.5. The molecule has 0 saturated carbocycles. The van der Waals surface area contributed by atoms with Gasteiger partial charge in [-0.05, 0) is 42.0 Å². The van der Waals surface area contributed by atoms with E-state index in [0.717, 1.165) is 5.56 Å². The molecule has 6 nitrogen and oxygen atoms in total. The summed E-state index contributed by atoms with van der Waals surface area (Å²) in [5.74, 6) is 0.155.